The van der Waals surface area contributed by atoms with Gasteiger partial charge >= 0.3 is 0 Å². The molecule has 0 amide bonds. The topological polar surface area (TPSA) is 37.8 Å². The van der Waals surface area contributed by atoms with Crippen LogP contribution in [-0.2, 0) is 6.42 Å². The number of hydrogen-bond donors (Lipinski definition) is 1. The Labute approximate surface area is 109 Å². The Morgan fingerprint density at radius 1 is 1.22 bits per heavy atom. The molecule has 1 atom stereocenters. The summed E-state index contributed by atoms with van der Waals surface area (Å²) in [4.78, 5) is 0. The van der Waals surface area contributed by atoms with Gasteiger partial charge in [0.1, 0.15) is 0 Å². The second kappa shape index (κ2) is 5.91. The summed E-state index contributed by atoms with van der Waals surface area (Å²) >= 11 is 0. The summed E-state index contributed by atoms with van der Waals surface area (Å²) in [5, 5.41) is 14.2. The standard InChI is InChI=1S/C15H21N3/c1-11(2)8-13(16-3)9-15-14-7-5-4-6-12(14)10-17-18-15/h4-7,10-11,13,16H,8-9H2,1-3H3. The number of hydrogen-bond acceptors (Lipinski definition) is 3. The molecule has 0 bridgehead atoms. The fourth-order valence-electron chi connectivity index (χ4n) is 2.34. The van der Waals surface area contributed by atoms with Crippen LogP contribution in [0.5, 0.6) is 0 Å². The Morgan fingerprint density at radius 3 is 2.72 bits per heavy atom. The van der Waals surface area contributed by atoms with Crippen molar-refractivity contribution in [2.45, 2.75) is 32.7 Å². The lowest BCUT2D eigenvalue weighted by molar-refractivity contribution is 0.438. The van der Waals surface area contributed by atoms with Gasteiger partial charge in [-0.25, -0.2) is 0 Å². The van der Waals surface area contributed by atoms with Crippen molar-refractivity contribution in [3.8, 4) is 0 Å². The van der Waals surface area contributed by atoms with Gasteiger partial charge in [0.25, 0.3) is 0 Å². The third-order valence-corrected chi connectivity index (χ3v) is 3.25. The minimum absolute atomic E-state index is 0.463. The Kier molecular flexibility index (Phi) is 4.26. The number of aromatic nitrogens is 2. The van der Waals surface area contributed by atoms with E-state index in [-0.39, 0.29) is 0 Å². The molecule has 0 aliphatic heterocycles. The second-order valence-electron chi connectivity index (χ2n) is 5.20. The van der Waals surface area contributed by atoms with Crippen LogP contribution in [0.3, 0.4) is 0 Å². The summed E-state index contributed by atoms with van der Waals surface area (Å²) in [5.74, 6) is 0.686. The highest BCUT2D eigenvalue weighted by atomic mass is 15.1. The monoisotopic (exact) mass is 243 g/mol. The molecule has 1 aromatic heterocycles. The number of rotatable bonds is 5. The molecule has 3 nitrogen and oxygen atoms in total. The summed E-state index contributed by atoms with van der Waals surface area (Å²) < 4.78 is 0. The van der Waals surface area contributed by atoms with Gasteiger partial charge < -0.3 is 5.32 Å². The first-order chi connectivity index (χ1) is 8.70. The van der Waals surface area contributed by atoms with Crippen molar-refractivity contribution in [2.24, 2.45) is 5.92 Å². The van der Waals surface area contributed by atoms with E-state index >= 15 is 0 Å². The molecule has 1 heterocycles. The van der Waals surface area contributed by atoms with Gasteiger partial charge in [-0.2, -0.15) is 10.2 Å². The number of benzene rings is 1. The van der Waals surface area contributed by atoms with E-state index in [0.717, 1.165) is 18.5 Å². The van der Waals surface area contributed by atoms with Crippen LogP contribution >= 0.6 is 0 Å². The summed E-state index contributed by atoms with van der Waals surface area (Å²) in [6, 6.07) is 8.78. The highest BCUT2D eigenvalue weighted by Crippen LogP contribution is 2.18. The molecule has 0 aliphatic rings. The predicted molar refractivity (Wildman–Crippen MR) is 75.5 cm³/mol. The van der Waals surface area contributed by atoms with E-state index in [1.165, 1.54) is 10.8 Å². The van der Waals surface area contributed by atoms with E-state index in [4.69, 9.17) is 0 Å². The Bertz CT molecular complexity index is 503. The molecular weight excluding hydrogens is 222 g/mol. The minimum atomic E-state index is 0.463. The number of fused-ring (bicyclic) bond motifs is 1. The molecule has 1 N–H and O–H groups in total. The zero-order chi connectivity index (χ0) is 13.0. The van der Waals surface area contributed by atoms with Crippen molar-refractivity contribution in [2.75, 3.05) is 7.05 Å². The molecule has 0 saturated heterocycles. The van der Waals surface area contributed by atoms with Gasteiger partial charge in [-0.15, -0.1) is 0 Å². The first kappa shape index (κ1) is 13.0. The van der Waals surface area contributed by atoms with Crippen molar-refractivity contribution in [3.05, 3.63) is 36.2 Å². The van der Waals surface area contributed by atoms with Crippen molar-refractivity contribution in [1.29, 1.82) is 0 Å². The largest absolute Gasteiger partial charge is 0.317 e. The number of nitrogens with one attached hydrogen (secondary N) is 1. The molecule has 0 saturated carbocycles. The molecule has 0 fully saturated rings. The molecular formula is C15H21N3. The van der Waals surface area contributed by atoms with Crippen molar-refractivity contribution in [1.82, 2.24) is 15.5 Å². The SMILES string of the molecule is CNC(Cc1nncc2ccccc12)CC(C)C. The first-order valence-electron chi connectivity index (χ1n) is 6.57. The summed E-state index contributed by atoms with van der Waals surface area (Å²) in [6.45, 7) is 4.50. The number of likely N-dealkylation sites (N-methyl/N-ethyl adjacent to an activating group) is 1. The van der Waals surface area contributed by atoms with Gasteiger partial charge in [0, 0.05) is 23.2 Å². The molecule has 0 aliphatic carbocycles. The van der Waals surface area contributed by atoms with Crippen LogP contribution in [0.25, 0.3) is 10.8 Å². The van der Waals surface area contributed by atoms with E-state index in [0.29, 0.717) is 12.0 Å². The van der Waals surface area contributed by atoms with Crippen LogP contribution in [0.4, 0.5) is 0 Å². The predicted octanol–water partition coefficient (Wildman–Crippen LogP) is 2.81. The number of nitrogens with zero attached hydrogens (tertiary/aromatic N) is 2. The van der Waals surface area contributed by atoms with Crippen LogP contribution < -0.4 is 5.32 Å². The van der Waals surface area contributed by atoms with Gasteiger partial charge in [0.05, 0.1) is 11.9 Å². The minimum Gasteiger partial charge on any atom is -0.317 e. The van der Waals surface area contributed by atoms with Crippen molar-refractivity contribution >= 4 is 10.8 Å². The lowest BCUT2D eigenvalue weighted by Gasteiger charge is -2.18. The van der Waals surface area contributed by atoms with Crippen molar-refractivity contribution < 1.29 is 0 Å². The normalized spacial score (nSPS) is 13.1. The Hall–Kier alpha value is -1.48. The van der Waals surface area contributed by atoms with E-state index < -0.39 is 0 Å². The average molecular weight is 243 g/mol. The van der Waals surface area contributed by atoms with E-state index in [9.17, 15) is 0 Å². The molecule has 96 valence electrons. The maximum absolute atomic E-state index is 4.31. The molecule has 2 aromatic rings. The lowest BCUT2D eigenvalue weighted by Crippen LogP contribution is -2.29. The molecule has 3 heteroatoms. The lowest BCUT2D eigenvalue weighted by atomic mass is 9.98. The van der Waals surface area contributed by atoms with Gasteiger partial charge in [0.2, 0.25) is 0 Å². The van der Waals surface area contributed by atoms with Crippen LogP contribution in [0.2, 0.25) is 0 Å². The molecule has 0 radical (unpaired) electrons. The molecule has 0 spiro atoms. The average Bonchev–Trinajstić information content (AvgIpc) is 2.38. The highest BCUT2D eigenvalue weighted by molar-refractivity contribution is 5.83. The quantitative estimate of drug-likeness (QED) is 0.877. The van der Waals surface area contributed by atoms with E-state index in [1.54, 1.807) is 0 Å². The van der Waals surface area contributed by atoms with Gasteiger partial charge in [-0.3, -0.25) is 0 Å². The molecule has 1 aromatic carbocycles. The maximum atomic E-state index is 4.31. The van der Waals surface area contributed by atoms with Crippen molar-refractivity contribution in [3.63, 3.8) is 0 Å². The fourth-order valence-corrected chi connectivity index (χ4v) is 2.34. The maximum Gasteiger partial charge on any atom is 0.0724 e. The highest BCUT2D eigenvalue weighted by Gasteiger charge is 2.12. The first-order valence-corrected chi connectivity index (χ1v) is 6.57. The van der Waals surface area contributed by atoms with Gasteiger partial charge in [-0.1, -0.05) is 38.1 Å². The summed E-state index contributed by atoms with van der Waals surface area (Å²) in [6.07, 6.45) is 3.92. The Morgan fingerprint density at radius 2 is 2.00 bits per heavy atom. The fraction of sp³-hybridized carbons (Fsp3) is 0.467. The van der Waals surface area contributed by atoms with Gasteiger partial charge in [0.15, 0.2) is 0 Å². The summed E-state index contributed by atoms with van der Waals surface area (Å²) in [5.41, 5.74) is 1.09. The zero-order valence-corrected chi connectivity index (χ0v) is 11.4. The molecule has 18 heavy (non-hydrogen) atoms. The summed E-state index contributed by atoms with van der Waals surface area (Å²) in [7, 11) is 2.02. The Balaban J connectivity index is 2.25. The van der Waals surface area contributed by atoms with E-state index in [2.05, 4.69) is 47.6 Å². The molecule has 2 rings (SSSR count). The third kappa shape index (κ3) is 3.05. The smallest absolute Gasteiger partial charge is 0.0724 e. The molecule has 1 unspecified atom stereocenters. The third-order valence-electron chi connectivity index (χ3n) is 3.25. The zero-order valence-electron chi connectivity index (χ0n) is 11.4. The van der Waals surface area contributed by atoms with Crippen LogP contribution in [0.1, 0.15) is 26.0 Å². The van der Waals surface area contributed by atoms with Crippen LogP contribution in [0, 0.1) is 5.92 Å². The van der Waals surface area contributed by atoms with Crippen LogP contribution in [-0.4, -0.2) is 23.3 Å². The second-order valence-corrected chi connectivity index (χ2v) is 5.20. The van der Waals surface area contributed by atoms with E-state index in [1.807, 2.05) is 19.3 Å². The van der Waals surface area contributed by atoms with Gasteiger partial charge in [-0.05, 0) is 19.4 Å². The van der Waals surface area contributed by atoms with Crippen LogP contribution in [0.15, 0.2) is 30.5 Å².